The lowest BCUT2D eigenvalue weighted by Crippen LogP contribution is -2.51. The maximum atomic E-state index is 12.8. The summed E-state index contributed by atoms with van der Waals surface area (Å²) in [6.07, 6.45) is 2.60. The highest BCUT2D eigenvalue weighted by Gasteiger charge is 2.47. The summed E-state index contributed by atoms with van der Waals surface area (Å²) in [5.41, 5.74) is 1.18. The average Bonchev–Trinajstić information content (AvgIpc) is 2.93. The van der Waals surface area contributed by atoms with E-state index in [0.29, 0.717) is 19.7 Å². The molecule has 0 aromatic heterocycles. The van der Waals surface area contributed by atoms with Crippen molar-refractivity contribution in [3.63, 3.8) is 0 Å². The summed E-state index contributed by atoms with van der Waals surface area (Å²) in [5, 5.41) is 0. The van der Waals surface area contributed by atoms with Crippen LogP contribution in [0.2, 0.25) is 0 Å². The number of amides is 3. The van der Waals surface area contributed by atoms with Crippen molar-refractivity contribution in [2.75, 3.05) is 32.8 Å². The highest BCUT2D eigenvalue weighted by atomic mass is 16.5. The van der Waals surface area contributed by atoms with E-state index < -0.39 is 0 Å². The SMILES string of the molecule is CCN1CCO[C@@H](CN2C(=O)[C@H]3CCCCN3C2=O)[C@@H]1c1ccccc1. The predicted molar refractivity (Wildman–Crippen MR) is 97.6 cm³/mol. The van der Waals surface area contributed by atoms with Gasteiger partial charge in [-0.25, -0.2) is 4.79 Å². The molecule has 1 aromatic carbocycles. The molecule has 6 heteroatoms. The number of morpholine rings is 1. The summed E-state index contributed by atoms with van der Waals surface area (Å²) in [6, 6.07) is 9.94. The Morgan fingerprint density at radius 1 is 1.12 bits per heavy atom. The minimum absolute atomic E-state index is 0.0428. The number of rotatable bonds is 4. The first-order valence-electron chi connectivity index (χ1n) is 9.73. The lowest BCUT2D eigenvalue weighted by atomic mass is 9.97. The van der Waals surface area contributed by atoms with Crippen LogP contribution in [0, 0.1) is 0 Å². The second-order valence-electron chi connectivity index (χ2n) is 7.33. The van der Waals surface area contributed by atoms with Crippen LogP contribution in [0.5, 0.6) is 0 Å². The molecule has 0 aliphatic carbocycles. The lowest BCUT2D eigenvalue weighted by molar-refractivity contribution is -0.132. The number of hydrogen-bond donors (Lipinski definition) is 0. The van der Waals surface area contributed by atoms with E-state index in [1.54, 1.807) is 4.90 Å². The number of carbonyl (C=O) groups excluding carboxylic acids is 2. The third-order valence-corrected chi connectivity index (χ3v) is 5.90. The molecule has 3 saturated heterocycles. The Kier molecular flexibility index (Phi) is 4.96. The number of benzene rings is 1. The van der Waals surface area contributed by atoms with E-state index in [1.807, 2.05) is 18.2 Å². The normalized spacial score (nSPS) is 30.0. The van der Waals surface area contributed by atoms with Crippen molar-refractivity contribution < 1.29 is 14.3 Å². The van der Waals surface area contributed by atoms with Crippen molar-refractivity contribution in [3.8, 4) is 0 Å². The molecule has 3 aliphatic rings. The van der Waals surface area contributed by atoms with Gasteiger partial charge in [-0.3, -0.25) is 14.6 Å². The van der Waals surface area contributed by atoms with Crippen LogP contribution in [0.1, 0.15) is 37.8 Å². The lowest BCUT2D eigenvalue weighted by Gasteiger charge is -2.42. The topological polar surface area (TPSA) is 53.1 Å². The Morgan fingerprint density at radius 3 is 2.65 bits per heavy atom. The fraction of sp³-hybridized carbons (Fsp3) is 0.600. The predicted octanol–water partition coefficient (Wildman–Crippen LogP) is 2.27. The van der Waals surface area contributed by atoms with E-state index in [1.165, 1.54) is 10.5 Å². The van der Waals surface area contributed by atoms with Gasteiger partial charge in [0.25, 0.3) is 5.91 Å². The molecule has 3 fully saturated rings. The standard InChI is InChI=1S/C20H27N3O3/c1-2-21-12-13-26-17(18(21)15-8-4-3-5-9-15)14-23-19(24)16-10-6-7-11-22(16)20(23)25/h3-5,8-9,16-18H,2,6-7,10-14H2,1H3/t16-,17+,18+/m1/s1. The van der Waals surface area contributed by atoms with Crippen molar-refractivity contribution >= 4 is 11.9 Å². The first kappa shape index (κ1) is 17.5. The van der Waals surface area contributed by atoms with Gasteiger partial charge in [0.15, 0.2) is 0 Å². The molecule has 0 bridgehead atoms. The van der Waals surface area contributed by atoms with E-state index in [-0.39, 0.29) is 30.1 Å². The molecule has 0 spiro atoms. The van der Waals surface area contributed by atoms with Gasteiger partial charge in [0.2, 0.25) is 0 Å². The van der Waals surface area contributed by atoms with Crippen LogP contribution in [0.3, 0.4) is 0 Å². The first-order valence-corrected chi connectivity index (χ1v) is 9.73. The zero-order valence-electron chi connectivity index (χ0n) is 15.3. The van der Waals surface area contributed by atoms with Gasteiger partial charge in [-0.15, -0.1) is 0 Å². The number of carbonyl (C=O) groups is 2. The van der Waals surface area contributed by atoms with Gasteiger partial charge < -0.3 is 9.64 Å². The number of hydrogen-bond acceptors (Lipinski definition) is 4. The van der Waals surface area contributed by atoms with Gasteiger partial charge in [0.05, 0.1) is 25.3 Å². The third kappa shape index (κ3) is 3.01. The highest BCUT2D eigenvalue weighted by Crippen LogP contribution is 2.32. The fourth-order valence-corrected chi connectivity index (χ4v) is 4.56. The quantitative estimate of drug-likeness (QED) is 0.776. The number of piperidine rings is 1. The fourth-order valence-electron chi connectivity index (χ4n) is 4.56. The third-order valence-electron chi connectivity index (χ3n) is 5.90. The van der Waals surface area contributed by atoms with Crippen LogP contribution < -0.4 is 0 Å². The van der Waals surface area contributed by atoms with Crippen LogP contribution >= 0.6 is 0 Å². The maximum absolute atomic E-state index is 12.8. The van der Waals surface area contributed by atoms with Crippen molar-refractivity contribution in [1.29, 1.82) is 0 Å². The highest BCUT2D eigenvalue weighted by molar-refractivity contribution is 6.04. The second kappa shape index (κ2) is 7.37. The van der Waals surface area contributed by atoms with Crippen LogP contribution in [-0.4, -0.2) is 71.6 Å². The van der Waals surface area contributed by atoms with Gasteiger partial charge in [-0.2, -0.15) is 0 Å². The smallest absolute Gasteiger partial charge is 0.327 e. The van der Waals surface area contributed by atoms with E-state index in [0.717, 1.165) is 32.4 Å². The van der Waals surface area contributed by atoms with Crippen LogP contribution in [0.4, 0.5) is 4.79 Å². The molecule has 26 heavy (non-hydrogen) atoms. The molecule has 140 valence electrons. The number of fused-ring (bicyclic) bond motifs is 1. The summed E-state index contributed by atoms with van der Waals surface area (Å²) in [6.45, 7) is 5.58. The van der Waals surface area contributed by atoms with E-state index in [2.05, 4.69) is 24.0 Å². The Balaban J connectivity index is 1.57. The zero-order valence-corrected chi connectivity index (χ0v) is 15.3. The van der Waals surface area contributed by atoms with Gasteiger partial charge in [0, 0.05) is 13.1 Å². The summed E-state index contributed by atoms with van der Waals surface area (Å²) in [5.74, 6) is -0.0428. The van der Waals surface area contributed by atoms with Gasteiger partial charge >= 0.3 is 6.03 Å². The number of imide groups is 1. The van der Waals surface area contributed by atoms with E-state index in [9.17, 15) is 9.59 Å². The Hall–Kier alpha value is -1.92. The molecule has 0 N–H and O–H groups in total. The molecule has 6 nitrogen and oxygen atoms in total. The molecule has 4 rings (SSSR count). The molecule has 3 heterocycles. The molecule has 1 aromatic rings. The molecule has 3 atom stereocenters. The van der Waals surface area contributed by atoms with Gasteiger partial charge in [-0.1, -0.05) is 37.3 Å². The first-order chi connectivity index (χ1) is 12.7. The Morgan fingerprint density at radius 2 is 1.92 bits per heavy atom. The van der Waals surface area contributed by atoms with Gasteiger partial charge in [-0.05, 0) is 31.4 Å². The zero-order chi connectivity index (χ0) is 18.1. The molecule has 3 amide bonds. The number of ether oxygens (including phenoxy) is 1. The molecular weight excluding hydrogens is 330 g/mol. The van der Waals surface area contributed by atoms with Crippen molar-refractivity contribution in [2.24, 2.45) is 0 Å². The molecular formula is C20H27N3O3. The van der Waals surface area contributed by atoms with Crippen molar-refractivity contribution in [3.05, 3.63) is 35.9 Å². The minimum atomic E-state index is -0.253. The minimum Gasteiger partial charge on any atom is -0.373 e. The average molecular weight is 357 g/mol. The maximum Gasteiger partial charge on any atom is 0.327 e. The van der Waals surface area contributed by atoms with Gasteiger partial charge in [0.1, 0.15) is 6.04 Å². The summed E-state index contributed by atoms with van der Waals surface area (Å²) in [4.78, 5) is 31.2. The van der Waals surface area contributed by atoms with E-state index >= 15 is 0 Å². The van der Waals surface area contributed by atoms with Crippen molar-refractivity contribution in [2.45, 2.75) is 44.4 Å². The molecule has 0 saturated carbocycles. The number of urea groups is 1. The van der Waals surface area contributed by atoms with Crippen LogP contribution in [0.15, 0.2) is 30.3 Å². The second-order valence-corrected chi connectivity index (χ2v) is 7.33. The molecule has 0 unspecified atom stereocenters. The Labute approximate surface area is 154 Å². The molecule has 3 aliphatic heterocycles. The van der Waals surface area contributed by atoms with E-state index in [4.69, 9.17) is 4.74 Å². The Bertz CT molecular complexity index is 642. The van der Waals surface area contributed by atoms with Crippen molar-refractivity contribution in [1.82, 2.24) is 14.7 Å². The van der Waals surface area contributed by atoms with Crippen LogP contribution in [0.25, 0.3) is 0 Å². The van der Waals surface area contributed by atoms with Crippen LogP contribution in [-0.2, 0) is 9.53 Å². The summed E-state index contributed by atoms with van der Waals surface area (Å²) < 4.78 is 6.08. The monoisotopic (exact) mass is 357 g/mol. The summed E-state index contributed by atoms with van der Waals surface area (Å²) >= 11 is 0. The largest absolute Gasteiger partial charge is 0.373 e. The summed E-state index contributed by atoms with van der Waals surface area (Å²) in [7, 11) is 0. The number of likely N-dealkylation sites (N-methyl/N-ethyl adjacent to an activating group) is 1. The molecule has 0 radical (unpaired) electrons. The number of nitrogens with zero attached hydrogens (tertiary/aromatic N) is 3.